The zero-order chi connectivity index (χ0) is 29.4. The molecule has 0 radical (unpaired) electrons. The van der Waals surface area contributed by atoms with E-state index >= 15 is 0 Å². The normalized spacial score (nSPS) is 12.6. The predicted molar refractivity (Wildman–Crippen MR) is 169 cm³/mol. The van der Waals surface area contributed by atoms with Crippen LogP contribution >= 0.6 is 12.4 Å². The number of amides is 1. The quantitative estimate of drug-likeness (QED) is 0.172. The highest BCUT2D eigenvalue weighted by Crippen LogP contribution is 2.23. The van der Waals surface area contributed by atoms with E-state index in [1.165, 1.54) is 30.9 Å². The summed E-state index contributed by atoms with van der Waals surface area (Å²) in [6, 6.07) is 23.7. The number of anilines is 2. The van der Waals surface area contributed by atoms with Crippen LogP contribution in [0.15, 0.2) is 85.2 Å². The van der Waals surface area contributed by atoms with Crippen molar-refractivity contribution in [3.63, 3.8) is 0 Å². The molecular formula is C33H39ClFN5O2. The molecule has 7 nitrogen and oxygen atoms in total. The average Bonchev–Trinajstić information content (AvgIpc) is 2.94. The van der Waals surface area contributed by atoms with E-state index in [1.807, 2.05) is 24.3 Å². The van der Waals surface area contributed by atoms with Gasteiger partial charge in [0.15, 0.2) is 0 Å². The van der Waals surface area contributed by atoms with Crippen LogP contribution in [0.1, 0.15) is 44.4 Å². The maximum atomic E-state index is 13.3. The first kappa shape index (κ1) is 32.7. The van der Waals surface area contributed by atoms with Gasteiger partial charge in [-0.05, 0) is 64.9 Å². The number of aromatic nitrogens is 2. The number of hydrogen-bond donors (Lipinski definition) is 4. The Kier molecular flexibility index (Phi) is 11.6. The molecule has 2 atom stereocenters. The molecule has 222 valence electrons. The minimum atomic E-state index is -0.770. The SMILES string of the molecule is CC(=O)N[C@@H](Cc1ccc(Nc2cc(-c3ccc(F)cc3)ncn2)cc1)[C@H](O)CNCc1cccc(C(C)(C)C)c1.Cl. The Hall–Kier alpha value is -3.85. The molecule has 0 aliphatic heterocycles. The van der Waals surface area contributed by atoms with E-state index in [2.05, 4.69) is 71.0 Å². The third-order valence-electron chi connectivity index (χ3n) is 6.82. The summed E-state index contributed by atoms with van der Waals surface area (Å²) in [4.78, 5) is 20.5. The molecule has 3 aromatic carbocycles. The lowest BCUT2D eigenvalue weighted by Crippen LogP contribution is -2.48. The van der Waals surface area contributed by atoms with Crippen LogP contribution in [0.2, 0.25) is 0 Å². The van der Waals surface area contributed by atoms with Crippen LogP contribution in [0.3, 0.4) is 0 Å². The molecule has 0 spiro atoms. The van der Waals surface area contributed by atoms with E-state index in [0.29, 0.717) is 31.0 Å². The molecule has 4 N–H and O–H groups in total. The third-order valence-corrected chi connectivity index (χ3v) is 6.82. The average molecular weight is 592 g/mol. The van der Waals surface area contributed by atoms with Crippen molar-refractivity contribution >= 4 is 29.8 Å². The lowest BCUT2D eigenvalue weighted by molar-refractivity contribution is -0.120. The first-order valence-corrected chi connectivity index (χ1v) is 13.8. The highest BCUT2D eigenvalue weighted by atomic mass is 35.5. The fraction of sp³-hybridized carbons (Fsp3) is 0.303. The second-order valence-electron chi connectivity index (χ2n) is 11.3. The molecule has 1 amide bonds. The Morgan fingerprint density at radius 1 is 0.952 bits per heavy atom. The highest BCUT2D eigenvalue weighted by Gasteiger charge is 2.21. The van der Waals surface area contributed by atoms with Crippen LogP contribution in [0.5, 0.6) is 0 Å². The lowest BCUT2D eigenvalue weighted by atomic mass is 9.86. The Labute approximate surface area is 253 Å². The van der Waals surface area contributed by atoms with Crippen molar-refractivity contribution in [2.75, 3.05) is 11.9 Å². The van der Waals surface area contributed by atoms with Gasteiger partial charge in [-0.1, -0.05) is 57.2 Å². The van der Waals surface area contributed by atoms with E-state index in [1.54, 1.807) is 18.2 Å². The van der Waals surface area contributed by atoms with Crippen molar-refractivity contribution in [1.29, 1.82) is 0 Å². The van der Waals surface area contributed by atoms with E-state index in [4.69, 9.17) is 0 Å². The molecule has 42 heavy (non-hydrogen) atoms. The Morgan fingerprint density at radius 2 is 1.67 bits per heavy atom. The van der Waals surface area contributed by atoms with Crippen molar-refractivity contribution < 1.29 is 14.3 Å². The summed E-state index contributed by atoms with van der Waals surface area (Å²) in [5.74, 6) is 0.122. The van der Waals surface area contributed by atoms with Crippen molar-refractivity contribution in [3.05, 3.63) is 108 Å². The van der Waals surface area contributed by atoms with Crippen molar-refractivity contribution in [2.45, 2.75) is 58.2 Å². The van der Waals surface area contributed by atoms with Gasteiger partial charge in [0.2, 0.25) is 5.91 Å². The van der Waals surface area contributed by atoms with E-state index in [-0.39, 0.29) is 29.5 Å². The smallest absolute Gasteiger partial charge is 0.217 e. The van der Waals surface area contributed by atoms with Gasteiger partial charge in [0.1, 0.15) is 18.0 Å². The van der Waals surface area contributed by atoms with Crippen molar-refractivity contribution in [1.82, 2.24) is 20.6 Å². The van der Waals surface area contributed by atoms with Crippen molar-refractivity contribution in [2.24, 2.45) is 0 Å². The molecule has 4 aromatic rings. The van der Waals surface area contributed by atoms with Crippen LogP contribution < -0.4 is 16.0 Å². The molecule has 0 aliphatic carbocycles. The molecule has 9 heteroatoms. The van der Waals surface area contributed by atoms with E-state index in [9.17, 15) is 14.3 Å². The minimum absolute atomic E-state index is 0. The number of nitrogens with zero attached hydrogens (tertiary/aromatic N) is 2. The predicted octanol–water partition coefficient (Wildman–Crippen LogP) is 5.94. The molecule has 1 aromatic heterocycles. The number of aliphatic hydroxyl groups is 1. The Bertz CT molecular complexity index is 1440. The summed E-state index contributed by atoms with van der Waals surface area (Å²) in [7, 11) is 0. The second kappa shape index (κ2) is 14.9. The zero-order valence-corrected chi connectivity index (χ0v) is 25.2. The molecule has 0 saturated heterocycles. The molecule has 0 unspecified atom stereocenters. The number of carbonyl (C=O) groups is 1. The summed E-state index contributed by atoms with van der Waals surface area (Å²) in [5, 5.41) is 20.4. The summed E-state index contributed by atoms with van der Waals surface area (Å²) < 4.78 is 13.3. The molecular weight excluding hydrogens is 553 g/mol. The summed E-state index contributed by atoms with van der Waals surface area (Å²) in [6.07, 6.45) is 1.17. The van der Waals surface area contributed by atoms with E-state index < -0.39 is 12.1 Å². The Morgan fingerprint density at radius 3 is 2.33 bits per heavy atom. The topological polar surface area (TPSA) is 99.2 Å². The maximum Gasteiger partial charge on any atom is 0.217 e. The zero-order valence-electron chi connectivity index (χ0n) is 24.4. The van der Waals surface area contributed by atoms with Gasteiger partial charge in [-0.15, -0.1) is 12.4 Å². The standard InChI is InChI=1S/C33H38FN5O2.ClH/c1-22(40)38-30(31(41)20-35-19-24-6-5-7-26(16-24)33(2,3)4)17-23-8-14-28(15-9-23)39-32-18-29(36-21-37-32)25-10-12-27(34)13-11-25;/h5-16,18,21,30-31,35,41H,17,19-20H2,1-4H3,(H,38,40)(H,36,37,39);1H/t30-,31+;/m0./s1. The number of carbonyl (C=O) groups excluding carboxylic acids is 1. The van der Waals surface area contributed by atoms with Gasteiger partial charge < -0.3 is 21.1 Å². The number of aliphatic hydroxyl groups excluding tert-OH is 1. The van der Waals surface area contributed by atoms with Crippen LogP contribution in [0.4, 0.5) is 15.9 Å². The summed E-state index contributed by atoms with van der Waals surface area (Å²) in [5.41, 5.74) is 5.76. The van der Waals surface area contributed by atoms with Gasteiger partial charge >= 0.3 is 0 Å². The van der Waals surface area contributed by atoms with Crippen molar-refractivity contribution in [3.8, 4) is 11.3 Å². The fourth-order valence-electron chi connectivity index (χ4n) is 4.53. The molecule has 4 rings (SSSR count). The first-order valence-electron chi connectivity index (χ1n) is 13.8. The lowest BCUT2D eigenvalue weighted by Gasteiger charge is -2.24. The largest absolute Gasteiger partial charge is 0.390 e. The molecule has 1 heterocycles. The third kappa shape index (κ3) is 9.62. The molecule has 0 saturated carbocycles. The Balaban J connectivity index is 0.00000484. The molecule has 0 fully saturated rings. The van der Waals surface area contributed by atoms with Gasteiger partial charge in [0, 0.05) is 37.3 Å². The summed E-state index contributed by atoms with van der Waals surface area (Å²) >= 11 is 0. The highest BCUT2D eigenvalue weighted by molar-refractivity contribution is 5.85. The maximum absolute atomic E-state index is 13.3. The van der Waals surface area contributed by atoms with Gasteiger partial charge in [-0.2, -0.15) is 0 Å². The number of rotatable bonds is 11. The van der Waals surface area contributed by atoms with Gasteiger partial charge in [-0.3, -0.25) is 4.79 Å². The number of hydrogen-bond acceptors (Lipinski definition) is 6. The number of benzene rings is 3. The minimum Gasteiger partial charge on any atom is -0.390 e. The second-order valence-corrected chi connectivity index (χ2v) is 11.3. The monoisotopic (exact) mass is 591 g/mol. The van der Waals surface area contributed by atoms with Gasteiger partial charge in [-0.25, -0.2) is 14.4 Å². The van der Waals surface area contributed by atoms with Gasteiger partial charge in [0.05, 0.1) is 17.8 Å². The van der Waals surface area contributed by atoms with Crippen LogP contribution in [-0.2, 0) is 23.2 Å². The number of halogens is 2. The van der Waals surface area contributed by atoms with E-state index in [0.717, 1.165) is 22.4 Å². The van der Waals surface area contributed by atoms with Crippen LogP contribution in [0, 0.1) is 5.82 Å². The van der Waals surface area contributed by atoms with Gasteiger partial charge in [0.25, 0.3) is 0 Å². The molecule has 0 aliphatic rings. The number of nitrogens with one attached hydrogen (secondary N) is 3. The molecule has 0 bridgehead atoms. The summed E-state index contributed by atoms with van der Waals surface area (Å²) in [6.45, 7) is 8.98. The first-order chi connectivity index (χ1) is 19.6. The van der Waals surface area contributed by atoms with Crippen LogP contribution in [-0.4, -0.2) is 39.7 Å². The fourth-order valence-corrected chi connectivity index (χ4v) is 4.53. The van der Waals surface area contributed by atoms with Crippen LogP contribution in [0.25, 0.3) is 11.3 Å².